The highest BCUT2D eigenvalue weighted by Crippen LogP contribution is 2.19. The zero-order valence-electron chi connectivity index (χ0n) is 9.61. The second-order valence-corrected chi connectivity index (χ2v) is 4.13. The summed E-state index contributed by atoms with van der Waals surface area (Å²) in [6.07, 6.45) is 9.28. The molecule has 1 aliphatic heterocycles. The van der Waals surface area contributed by atoms with E-state index < -0.39 is 0 Å². The van der Waals surface area contributed by atoms with Crippen molar-refractivity contribution >= 4 is 0 Å². The number of ether oxygens (including phenoxy) is 1. The zero-order valence-corrected chi connectivity index (χ0v) is 9.61. The Morgan fingerprint density at radius 2 is 2.20 bits per heavy atom. The highest BCUT2D eigenvalue weighted by atomic mass is 16.5. The molecule has 15 heavy (non-hydrogen) atoms. The van der Waals surface area contributed by atoms with Crippen molar-refractivity contribution in [3.8, 4) is 12.3 Å². The molecule has 1 rings (SSSR count). The van der Waals surface area contributed by atoms with E-state index in [0.29, 0.717) is 12.6 Å². The highest BCUT2D eigenvalue weighted by molar-refractivity contribution is 4.89. The summed E-state index contributed by atoms with van der Waals surface area (Å²) >= 11 is 0. The van der Waals surface area contributed by atoms with Gasteiger partial charge in [-0.1, -0.05) is 12.8 Å². The average molecular weight is 210 g/mol. The zero-order chi connectivity index (χ0) is 11.1. The summed E-state index contributed by atoms with van der Waals surface area (Å²) in [4.78, 5) is 2.28. The van der Waals surface area contributed by atoms with Crippen LogP contribution in [-0.2, 0) is 4.74 Å². The first-order chi connectivity index (χ1) is 7.30. The molecule has 0 spiro atoms. The first-order valence-electron chi connectivity index (χ1n) is 5.81. The van der Waals surface area contributed by atoms with E-state index in [1.807, 2.05) is 0 Å². The molecular weight excluding hydrogens is 188 g/mol. The first kappa shape index (κ1) is 12.5. The van der Waals surface area contributed by atoms with E-state index in [1.165, 1.54) is 0 Å². The minimum absolute atomic E-state index is 0.268. The van der Waals surface area contributed by atoms with Crippen LogP contribution in [0.4, 0.5) is 0 Å². The number of nitrogens with zero attached hydrogens (tertiary/aromatic N) is 1. The van der Waals surface area contributed by atoms with Gasteiger partial charge in [0.25, 0.3) is 0 Å². The smallest absolute Gasteiger partial charge is 0.0707 e. The SMILES string of the molecule is C#CCN(CCC)CC1CCC(CN)O1. The van der Waals surface area contributed by atoms with E-state index in [9.17, 15) is 0 Å². The third-order valence-electron chi connectivity index (χ3n) is 2.77. The minimum Gasteiger partial charge on any atom is -0.372 e. The van der Waals surface area contributed by atoms with Gasteiger partial charge in [-0.15, -0.1) is 6.42 Å². The highest BCUT2D eigenvalue weighted by Gasteiger charge is 2.25. The average Bonchev–Trinajstić information content (AvgIpc) is 2.66. The number of rotatable bonds is 6. The van der Waals surface area contributed by atoms with E-state index in [2.05, 4.69) is 17.7 Å². The van der Waals surface area contributed by atoms with Crippen LogP contribution in [0.25, 0.3) is 0 Å². The number of terminal acetylenes is 1. The molecule has 0 radical (unpaired) electrons. The minimum atomic E-state index is 0.268. The van der Waals surface area contributed by atoms with Gasteiger partial charge >= 0.3 is 0 Å². The van der Waals surface area contributed by atoms with Gasteiger partial charge in [0.2, 0.25) is 0 Å². The molecule has 0 bridgehead atoms. The fourth-order valence-electron chi connectivity index (χ4n) is 2.06. The molecule has 0 amide bonds. The molecule has 1 fully saturated rings. The lowest BCUT2D eigenvalue weighted by molar-refractivity contribution is 0.0296. The lowest BCUT2D eigenvalue weighted by Crippen LogP contribution is -2.34. The molecule has 0 saturated carbocycles. The van der Waals surface area contributed by atoms with Gasteiger partial charge in [-0.05, 0) is 25.8 Å². The van der Waals surface area contributed by atoms with Crippen molar-refractivity contribution in [1.29, 1.82) is 0 Å². The maximum absolute atomic E-state index is 5.80. The van der Waals surface area contributed by atoms with Crippen molar-refractivity contribution in [2.75, 3.05) is 26.2 Å². The van der Waals surface area contributed by atoms with Crippen LogP contribution < -0.4 is 5.73 Å². The number of nitrogens with two attached hydrogens (primary N) is 1. The second-order valence-electron chi connectivity index (χ2n) is 4.13. The predicted octanol–water partition coefficient (Wildman–Crippen LogP) is 0.838. The third-order valence-corrected chi connectivity index (χ3v) is 2.77. The van der Waals surface area contributed by atoms with Gasteiger partial charge in [0.1, 0.15) is 0 Å². The second kappa shape index (κ2) is 6.84. The Hall–Kier alpha value is -0.560. The Morgan fingerprint density at radius 3 is 2.73 bits per heavy atom. The molecule has 2 atom stereocenters. The Kier molecular flexibility index (Phi) is 5.70. The normalized spacial score (nSPS) is 25.7. The van der Waals surface area contributed by atoms with Gasteiger partial charge in [0.15, 0.2) is 0 Å². The maximum Gasteiger partial charge on any atom is 0.0707 e. The summed E-state index contributed by atoms with van der Waals surface area (Å²) < 4.78 is 5.80. The number of hydrogen-bond donors (Lipinski definition) is 1. The van der Waals surface area contributed by atoms with Crippen molar-refractivity contribution in [3.05, 3.63) is 0 Å². The molecule has 0 aromatic heterocycles. The lowest BCUT2D eigenvalue weighted by atomic mass is 10.2. The summed E-state index contributed by atoms with van der Waals surface area (Å²) in [7, 11) is 0. The summed E-state index contributed by atoms with van der Waals surface area (Å²) in [6, 6.07) is 0. The van der Waals surface area contributed by atoms with Crippen molar-refractivity contribution < 1.29 is 4.74 Å². The molecule has 1 saturated heterocycles. The Bertz CT molecular complexity index is 212. The molecule has 3 nitrogen and oxygen atoms in total. The van der Waals surface area contributed by atoms with Crippen molar-refractivity contribution in [2.45, 2.75) is 38.4 Å². The Balaban J connectivity index is 2.29. The van der Waals surface area contributed by atoms with E-state index >= 15 is 0 Å². The first-order valence-corrected chi connectivity index (χ1v) is 5.81. The third kappa shape index (κ3) is 4.21. The molecule has 1 aliphatic rings. The fraction of sp³-hybridized carbons (Fsp3) is 0.833. The topological polar surface area (TPSA) is 38.5 Å². The van der Waals surface area contributed by atoms with Gasteiger partial charge in [-0.3, -0.25) is 4.90 Å². The van der Waals surface area contributed by atoms with E-state index in [-0.39, 0.29) is 6.10 Å². The fourth-order valence-corrected chi connectivity index (χ4v) is 2.06. The van der Waals surface area contributed by atoms with Gasteiger partial charge in [-0.2, -0.15) is 0 Å². The number of hydrogen-bond acceptors (Lipinski definition) is 3. The molecule has 0 aliphatic carbocycles. The predicted molar refractivity (Wildman–Crippen MR) is 62.5 cm³/mol. The van der Waals surface area contributed by atoms with Crippen LogP contribution in [0.2, 0.25) is 0 Å². The van der Waals surface area contributed by atoms with E-state index in [4.69, 9.17) is 16.9 Å². The van der Waals surface area contributed by atoms with Crippen LogP contribution >= 0.6 is 0 Å². The Labute approximate surface area is 93.0 Å². The molecule has 1 heterocycles. The largest absolute Gasteiger partial charge is 0.372 e. The van der Waals surface area contributed by atoms with Crippen LogP contribution in [0, 0.1) is 12.3 Å². The van der Waals surface area contributed by atoms with Crippen molar-refractivity contribution in [3.63, 3.8) is 0 Å². The van der Waals surface area contributed by atoms with Crippen LogP contribution in [0.1, 0.15) is 26.2 Å². The van der Waals surface area contributed by atoms with Crippen LogP contribution in [0.5, 0.6) is 0 Å². The molecule has 2 unspecified atom stereocenters. The summed E-state index contributed by atoms with van der Waals surface area (Å²) in [6.45, 7) is 5.54. The lowest BCUT2D eigenvalue weighted by Gasteiger charge is -2.23. The molecule has 0 aromatic carbocycles. The van der Waals surface area contributed by atoms with Crippen molar-refractivity contribution in [2.24, 2.45) is 5.73 Å². The standard InChI is InChI=1S/C12H22N2O/c1-3-7-14(8-4-2)10-12-6-5-11(9-13)15-12/h1,11-12H,4-10,13H2,2H3. The molecular formula is C12H22N2O. The van der Waals surface area contributed by atoms with E-state index in [0.717, 1.165) is 38.9 Å². The van der Waals surface area contributed by atoms with Crippen LogP contribution in [-0.4, -0.2) is 43.3 Å². The van der Waals surface area contributed by atoms with Crippen molar-refractivity contribution in [1.82, 2.24) is 4.90 Å². The summed E-state index contributed by atoms with van der Waals surface area (Å²) in [5.74, 6) is 2.70. The summed E-state index contributed by atoms with van der Waals surface area (Å²) in [5, 5.41) is 0. The molecule has 2 N–H and O–H groups in total. The van der Waals surface area contributed by atoms with Gasteiger partial charge in [0, 0.05) is 13.1 Å². The molecule has 86 valence electrons. The van der Waals surface area contributed by atoms with Crippen LogP contribution in [0.15, 0.2) is 0 Å². The summed E-state index contributed by atoms with van der Waals surface area (Å²) in [5.41, 5.74) is 5.57. The van der Waals surface area contributed by atoms with Gasteiger partial charge < -0.3 is 10.5 Å². The van der Waals surface area contributed by atoms with Gasteiger partial charge in [0.05, 0.1) is 18.8 Å². The Morgan fingerprint density at radius 1 is 1.47 bits per heavy atom. The van der Waals surface area contributed by atoms with Crippen LogP contribution in [0.3, 0.4) is 0 Å². The molecule has 0 aromatic rings. The molecule has 3 heteroatoms. The maximum atomic E-state index is 5.80. The van der Waals surface area contributed by atoms with E-state index in [1.54, 1.807) is 0 Å². The monoisotopic (exact) mass is 210 g/mol. The van der Waals surface area contributed by atoms with Gasteiger partial charge in [-0.25, -0.2) is 0 Å². The quantitative estimate of drug-likeness (QED) is 0.660.